The molecule has 3 rings (SSSR count). The van der Waals surface area contributed by atoms with Gasteiger partial charge < -0.3 is 10.4 Å². The van der Waals surface area contributed by atoms with Crippen LogP contribution < -0.4 is 5.32 Å². The van der Waals surface area contributed by atoms with Gasteiger partial charge in [-0.05, 0) is 30.3 Å². The van der Waals surface area contributed by atoms with Crippen LogP contribution in [0.1, 0.15) is 10.4 Å². The third-order valence-corrected chi connectivity index (χ3v) is 3.43. The summed E-state index contributed by atoms with van der Waals surface area (Å²) < 4.78 is 13.8. The highest BCUT2D eigenvalue weighted by molar-refractivity contribution is 6.31. The predicted molar refractivity (Wildman–Crippen MR) is 90.6 cm³/mol. The fourth-order valence-corrected chi connectivity index (χ4v) is 2.33. The standard InChI is InChI=1S/C16H10ClFN2O2.ClH/c17-9-5-6-13-10(7-9)15(11(8-19-13)16(21)22)20-14-4-2-1-3-12(14)18;/h1-8H,(H,19,20)(H,21,22);1H. The average Bonchev–Trinajstić information content (AvgIpc) is 2.49. The van der Waals surface area contributed by atoms with Gasteiger partial charge >= 0.3 is 5.97 Å². The van der Waals surface area contributed by atoms with E-state index in [0.717, 1.165) is 0 Å². The van der Waals surface area contributed by atoms with Crippen LogP contribution in [-0.2, 0) is 0 Å². The van der Waals surface area contributed by atoms with Gasteiger partial charge in [-0.25, -0.2) is 9.18 Å². The highest BCUT2D eigenvalue weighted by Gasteiger charge is 2.16. The molecule has 0 amide bonds. The second-order valence-electron chi connectivity index (χ2n) is 4.62. The summed E-state index contributed by atoms with van der Waals surface area (Å²) in [6.07, 6.45) is 1.24. The molecule has 1 aromatic heterocycles. The van der Waals surface area contributed by atoms with Crippen molar-refractivity contribution < 1.29 is 14.3 Å². The number of para-hydroxylation sites is 1. The van der Waals surface area contributed by atoms with Crippen molar-refractivity contribution in [1.29, 1.82) is 0 Å². The molecule has 0 fully saturated rings. The Hall–Kier alpha value is -2.37. The molecule has 2 aromatic carbocycles. The van der Waals surface area contributed by atoms with Gasteiger partial charge in [0.2, 0.25) is 0 Å². The maximum Gasteiger partial charge on any atom is 0.339 e. The summed E-state index contributed by atoms with van der Waals surface area (Å²) in [5, 5.41) is 13.1. The Morgan fingerprint density at radius 3 is 2.65 bits per heavy atom. The van der Waals surface area contributed by atoms with E-state index in [1.54, 1.807) is 30.3 Å². The number of fused-ring (bicyclic) bond motifs is 1. The van der Waals surface area contributed by atoms with E-state index in [2.05, 4.69) is 10.3 Å². The molecule has 0 aliphatic rings. The van der Waals surface area contributed by atoms with Gasteiger partial charge in [0, 0.05) is 16.6 Å². The van der Waals surface area contributed by atoms with E-state index in [1.165, 1.54) is 18.3 Å². The first kappa shape index (κ1) is 17.0. The van der Waals surface area contributed by atoms with Crippen molar-refractivity contribution >= 4 is 52.3 Å². The van der Waals surface area contributed by atoms with Gasteiger partial charge in [-0.1, -0.05) is 23.7 Å². The molecule has 0 unspecified atom stereocenters. The third-order valence-electron chi connectivity index (χ3n) is 3.19. The number of carbonyl (C=O) groups is 1. The molecule has 0 saturated heterocycles. The second-order valence-corrected chi connectivity index (χ2v) is 5.05. The minimum Gasteiger partial charge on any atom is -0.478 e. The molecule has 0 atom stereocenters. The van der Waals surface area contributed by atoms with Crippen LogP contribution in [0.25, 0.3) is 10.9 Å². The molecule has 0 radical (unpaired) electrons. The molecule has 2 N–H and O–H groups in total. The summed E-state index contributed by atoms with van der Waals surface area (Å²) in [5.74, 6) is -1.64. The number of pyridine rings is 1. The summed E-state index contributed by atoms with van der Waals surface area (Å²) in [4.78, 5) is 15.5. The Labute approximate surface area is 142 Å². The largest absolute Gasteiger partial charge is 0.478 e. The first-order chi connectivity index (χ1) is 10.6. The Bertz CT molecular complexity index is 887. The first-order valence-corrected chi connectivity index (χ1v) is 6.77. The zero-order valence-corrected chi connectivity index (χ0v) is 13.2. The quantitative estimate of drug-likeness (QED) is 0.704. The van der Waals surface area contributed by atoms with Gasteiger partial charge in [0.05, 0.1) is 16.9 Å². The molecule has 7 heteroatoms. The van der Waals surface area contributed by atoms with Crippen LogP contribution in [0.3, 0.4) is 0 Å². The van der Waals surface area contributed by atoms with Crippen molar-refractivity contribution in [3.05, 3.63) is 65.1 Å². The lowest BCUT2D eigenvalue weighted by Gasteiger charge is -2.13. The number of rotatable bonds is 3. The fraction of sp³-hybridized carbons (Fsp3) is 0. The number of carboxylic acids is 1. The van der Waals surface area contributed by atoms with Crippen molar-refractivity contribution in [2.45, 2.75) is 0 Å². The summed E-state index contributed by atoms with van der Waals surface area (Å²) in [6.45, 7) is 0. The van der Waals surface area contributed by atoms with E-state index in [1.807, 2.05) is 0 Å². The molecule has 3 aromatic rings. The lowest BCUT2D eigenvalue weighted by molar-refractivity contribution is 0.0697. The lowest BCUT2D eigenvalue weighted by Crippen LogP contribution is -2.05. The minimum atomic E-state index is -1.16. The van der Waals surface area contributed by atoms with Crippen LogP contribution in [-0.4, -0.2) is 16.1 Å². The van der Waals surface area contributed by atoms with Gasteiger partial charge in [-0.2, -0.15) is 0 Å². The van der Waals surface area contributed by atoms with Crippen molar-refractivity contribution in [3.8, 4) is 0 Å². The maximum atomic E-state index is 13.8. The van der Waals surface area contributed by atoms with Crippen LogP contribution >= 0.6 is 24.0 Å². The van der Waals surface area contributed by atoms with Gasteiger partial charge in [-0.15, -0.1) is 12.4 Å². The van der Waals surface area contributed by atoms with Crippen molar-refractivity contribution in [1.82, 2.24) is 4.98 Å². The van der Waals surface area contributed by atoms with Crippen LogP contribution in [0.4, 0.5) is 15.8 Å². The Morgan fingerprint density at radius 1 is 1.22 bits per heavy atom. The summed E-state index contributed by atoms with van der Waals surface area (Å²) in [7, 11) is 0. The van der Waals surface area contributed by atoms with Crippen LogP contribution in [0.15, 0.2) is 48.7 Å². The molecule has 0 aliphatic carbocycles. The maximum absolute atomic E-state index is 13.8. The Balaban J connectivity index is 0.00000192. The highest BCUT2D eigenvalue weighted by atomic mass is 35.5. The molecule has 0 bridgehead atoms. The van der Waals surface area contributed by atoms with Crippen molar-refractivity contribution in [2.24, 2.45) is 0 Å². The lowest BCUT2D eigenvalue weighted by atomic mass is 10.1. The smallest absolute Gasteiger partial charge is 0.339 e. The first-order valence-electron chi connectivity index (χ1n) is 6.39. The second kappa shape index (κ2) is 6.81. The Morgan fingerprint density at radius 2 is 1.96 bits per heavy atom. The molecule has 0 saturated carbocycles. The number of nitrogens with zero attached hydrogens (tertiary/aromatic N) is 1. The average molecular weight is 353 g/mol. The topological polar surface area (TPSA) is 62.2 Å². The van der Waals surface area contributed by atoms with E-state index in [4.69, 9.17) is 11.6 Å². The third kappa shape index (κ3) is 3.36. The minimum absolute atomic E-state index is 0. The molecule has 1 heterocycles. The van der Waals surface area contributed by atoms with Crippen molar-refractivity contribution in [2.75, 3.05) is 5.32 Å². The summed E-state index contributed by atoms with van der Waals surface area (Å²) >= 11 is 5.98. The molecular weight excluding hydrogens is 342 g/mol. The van der Waals surface area contributed by atoms with E-state index in [9.17, 15) is 14.3 Å². The fourth-order valence-electron chi connectivity index (χ4n) is 2.16. The molecule has 4 nitrogen and oxygen atoms in total. The SMILES string of the molecule is Cl.O=C(O)c1cnc2ccc(Cl)cc2c1Nc1ccccc1F. The number of benzene rings is 2. The number of nitrogens with one attached hydrogen (secondary N) is 1. The van der Waals surface area contributed by atoms with Crippen LogP contribution in [0.2, 0.25) is 5.02 Å². The van der Waals surface area contributed by atoms with Gasteiger partial charge in [0.25, 0.3) is 0 Å². The number of hydrogen-bond acceptors (Lipinski definition) is 3. The normalized spacial score (nSPS) is 10.2. The van der Waals surface area contributed by atoms with Gasteiger partial charge in [-0.3, -0.25) is 4.98 Å². The molecule has 0 spiro atoms. The zero-order valence-electron chi connectivity index (χ0n) is 11.6. The number of aromatic carboxylic acids is 1. The monoisotopic (exact) mass is 352 g/mol. The predicted octanol–water partition coefficient (Wildman–Crippen LogP) is 4.89. The number of carboxylic acid groups (broad SMARTS) is 1. The van der Waals surface area contributed by atoms with E-state index in [0.29, 0.717) is 15.9 Å². The zero-order chi connectivity index (χ0) is 15.7. The summed E-state index contributed by atoms with van der Waals surface area (Å²) in [6, 6.07) is 11.0. The Kier molecular flexibility index (Phi) is 5.03. The van der Waals surface area contributed by atoms with Crippen LogP contribution in [0.5, 0.6) is 0 Å². The van der Waals surface area contributed by atoms with Crippen LogP contribution in [0, 0.1) is 5.82 Å². The van der Waals surface area contributed by atoms with E-state index < -0.39 is 11.8 Å². The molecule has 0 aliphatic heterocycles. The van der Waals surface area contributed by atoms with Crippen molar-refractivity contribution in [3.63, 3.8) is 0 Å². The molecular formula is C16H11Cl2FN2O2. The van der Waals surface area contributed by atoms with E-state index in [-0.39, 0.29) is 29.3 Å². The number of hydrogen-bond donors (Lipinski definition) is 2. The number of anilines is 2. The van der Waals surface area contributed by atoms with E-state index >= 15 is 0 Å². The van der Waals surface area contributed by atoms with Gasteiger partial charge in [0.1, 0.15) is 11.4 Å². The number of halogens is 3. The number of aromatic nitrogens is 1. The highest BCUT2D eigenvalue weighted by Crippen LogP contribution is 2.31. The summed E-state index contributed by atoms with van der Waals surface area (Å²) in [5.41, 5.74) is 0.939. The molecule has 23 heavy (non-hydrogen) atoms. The van der Waals surface area contributed by atoms with Gasteiger partial charge in [0.15, 0.2) is 0 Å². The molecule has 118 valence electrons.